The van der Waals surface area contributed by atoms with Gasteiger partial charge in [-0.2, -0.15) is 0 Å². The first-order valence-electron chi connectivity index (χ1n) is 5.19. The van der Waals surface area contributed by atoms with Crippen LogP contribution in [0.25, 0.3) is 0 Å². The van der Waals surface area contributed by atoms with Crippen molar-refractivity contribution in [3.8, 4) is 17.2 Å². The molecule has 0 aliphatic rings. The zero-order valence-corrected chi connectivity index (χ0v) is 10.8. The summed E-state index contributed by atoms with van der Waals surface area (Å²) in [5.74, 6) is 2.13. The largest absolute Gasteiger partial charge is 0.496 e. The Balaban J connectivity index is 2.54. The highest BCUT2D eigenvalue weighted by molar-refractivity contribution is 7.78. The lowest BCUT2D eigenvalue weighted by Crippen LogP contribution is -1.99. The summed E-state index contributed by atoms with van der Waals surface area (Å²) in [6, 6.07) is 5.42. The van der Waals surface area contributed by atoms with Gasteiger partial charge in [0.25, 0.3) is 0 Å². The van der Waals surface area contributed by atoms with Gasteiger partial charge >= 0.3 is 0 Å². The average Bonchev–Trinajstić information content (AvgIpc) is 2.38. The van der Waals surface area contributed by atoms with Crippen LogP contribution in [0.5, 0.6) is 17.2 Å². The van der Waals surface area contributed by atoms with Crippen LogP contribution in [-0.2, 0) is 0 Å². The molecule has 4 nitrogen and oxygen atoms in total. The molecule has 0 aliphatic carbocycles. The number of aliphatic imine (C=N–C) groups is 1. The van der Waals surface area contributed by atoms with Gasteiger partial charge in [-0.05, 0) is 12.2 Å². The van der Waals surface area contributed by atoms with Gasteiger partial charge in [-0.3, -0.25) is 0 Å². The van der Waals surface area contributed by atoms with E-state index < -0.39 is 0 Å². The minimum atomic E-state index is 0.566. The van der Waals surface area contributed by atoms with E-state index in [9.17, 15) is 0 Å². The van der Waals surface area contributed by atoms with E-state index in [2.05, 4.69) is 22.4 Å². The van der Waals surface area contributed by atoms with Gasteiger partial charge in [0.2, 0.25) is 0 Å². The summed E-state index contributed by atoms with van der Waals surface area (Å²) in [7, 11) is 3.21. The van der Waals surface area contributed by atoms with Crippen LogP contribution in [0, 0.1) is 0 Å². The second-order valence-corrected chi connectivity index (χ2v) is 3.41. The second-order valence-electron chi connectivity index (χ2n) is 3.22. The molecule has 0 N–H and O–H groups in total. The van der Waals surface area contributed by atoms with Gasteiger partial charge in [0, 0.05) is 24.6 Å². The molecule has 0 atom stereocenters. The standard InChI is InChI=1S/C12H15NO3S/c1-14-10-6-11(15-2)8-12(7-10)16-5-3-4-13-9-17/h6-8H,3-5H2,1-2H3. The van der Waals surface area contributed by atoms with Crippen LogP contribution >= 0.6 is 12.2 Å². The van der Waals surface area contributed by atoms with Crippen LogP contribution < -0.4 is 14.2 Å². The molecule has 0 aliphatic heterocycles. The topological polar surface area (TPSA) is 40.0 Å². The number of benzene rings is 1. The lowest BCUT2D eigenvalue weighted by atomic mass is 10.3. The number of nitrogens with zero attached hydrogens (tertiary/aromatic N) is 1. The van der Waals surface area contributed by atoms with Crippen molar-refractivity contribution in [2.45, 2.75) is 6.42 Å². The van der Waals surface area contributed by atoms with E-state index >= 15 is 0 Å². The molecule has 0 bridgehead atoms. The van der Waals surface area contributed by atoms with Crippen molar-refractivity contribution in [3.05, 3.63) is 18.2 Å². The number of methoxy groups -OCH3 is 2. The monoisotopic (exact) mass is 253 g/mol. The predicted molar refractivity (Wildman–Crippen MR) is 69.6 cm³/mol. The molecular formula is C12H15NO3S. The predicted octanol–water partition coefficient (Wildman–Crippen LogP) is 2.58. The Kier molecular flexibility index (Phi) is 6.07. The maximum absolute atomic E-state index is 5.56. The summed E-state index contributed by atoms with van der Waals surface area (Å²) < 4.78 is 15.8. The number of isothiocyanates is 1. The molecule has 0 saturated carbocycles. The van der Waals surface area contributed by atoms with Gasteiger partial charge in [0.05, 0.1) is 32.5 Å². The van der Waals surface area contributed by atoms with Crippen molar-refractivity contribution in [2.75, 3.05) is 27.4 Å². The number of hydrogen-bond donors (Lipinski definition) is 0. The van der Waals surface area contributed by atoms with Crippen molar-refractivity contribution >= 4 is 17.4 Å². The minimum Gasteiger partial charge on any atom is -0.496 e. The fraction of sp³-hybridized carbons (Fsp3) is 0.417. The molecule has 17 heavy (non-hydrogen) atoms. The first-order chi connectivity index (χ1) is 8.30. The average molecular weight is 253 g/mol. The third kappa shape index (κ3) is 4.85. The first-order valence-corrected chi connectivity index (χ1v) is 5.60. The van der Waals surface area contributed by atoms with Crippen LogP contribution in [0.15, 0.2) is 23.2 Å². The Bertz CT molecular complexity index is 380. The minimum absolute atomic E-state index is 0.566. The molecule has 92 valence electrons. The fourth-order valence-electron chi connectivity index (χ4n) is 1.24. The van der Waals surface area contributed by atoms with E-state index in [0.717, 1.165) is 6.42 Å². The smallest absolute Gasteiger partial charge is 0.126 e. The molecule has 0 aromatic heterocycles. The molecule has 5 heteroatoms. The van der Waals surface area contributed by atoms with E-state index in [0.29, 0.717) is 30.4 Å². The van der Waals surface area contributed by atoms with Crippen LogP contribution in [-0.4, -0.2) is 32.5 Å². The highest BCUT2D eigenvalue weighted by Gasteiger charge is 2.02. The molecule has 0 heterocycles. The Morgan fingerprint density at radius 1 is 1.12 bits per heavy atom. The molecule has 1 aromatic carbocycles. The van der Waals surface area contributed by atoms with Gasteiger partial charge in [0.1, 0.15) is 17.2 Å². The maximum atomic E-state index is 5.56. The van der Waals surface area contributed by atoms with Gasteiger partial charge in [-0.25, -0.2) is 4.99 Å². The summed E-state index contributed by atoms with van der Waals surface area (Å²) in [6.07, 6.45) is 0.795. The molecular weight excluding hydrogens is 238 g/mol. The highest BCUT2D eigenvalue weighted by atomic mass is 32.1. The van der Waals surface area contributed by atoms with Crippen LogP contribution in [0.2, 0.25) is 0 Å². The van der Waals surface area contributed by atoms with Crippen molar-refractivity contribution in [3.63, 3.8) is 0 Å². The Morgan fingerprint density at radius 2 is 1.71 bits per heavy atom. The SMILES string of the molecule is COc1cc(OC)cc(OCCCN=C=S)c1. The highest BCUT2D eigenvalue weighted by Crippen LogP contribution is 2.27. The van der Waals surface area contributed by atoms with Crippen LogP contribution in [0.3, 0.4) is 0 Å². The zero-order chi connectivity index (χ0) is 12.5. The lowest BCUT2D eigenvalue weighted by molar-refractivity contribution is 0.307. The third-order valence-corrected chi connectivity index (χ3v) is 2.20. The molecule has 0 unspecified atom stereocenters. The normalized spacial score (nSPS) is 9.29. The molecule has 1 rings (SSSR count). The van der Waals surface area contributed by atoms with Crippen LogP contribution in [0.1, 0.15) is 6.42 Å². The van der Waals surface area contributed by atoms with E-state index in [-0.39, 0.29) is 0 Å². The van der Waals surface area contributed by atoms with Gasteiger partial charge < -0.3 is 14.2 Å². The summed E-state index contributed by atoms with van der Waals surface area (Å²) in [6.45, 7) is 1.20. The van der Waals surface area contributed by atoms with Crippen molar-refractivity contribution < 1.29 is 14.2 Å². The Morgan fingerprint density at radius 3 is 2.24 bits per heavy atom. The molecule has 0 fully saturated rings. The van der Waals surface area contributed by atoms with Gasteiger partial charge in [-0.1, -0.05) is 0 Å². The number of ether oxygens (including phenoxy) is 3. The number of rotatable bonds is 7. The van der Waals surface area contributed by atoms with Crippen molar-refractivity contribution in [1.82, 2.24) is 0 Å². The molecule has 0 spiro atoms. The molecule has 0 saturated heterocycles. The first kappa shape index (κ1) is 13.5. The van der Waals surface area contributed by atoms with Gasteiger partial charge in [0.15, 0.2) is 0 Å². The van der Waals surface area contributed by atoms with E-state index in [1.165, 1.54) is 0 Å². The number of thiocarbonyl (C=S) groups is 1. The third-order valence-electron chi connectivity index (χ3n) is 2.07. The van der Waals surface area contributed by atoms with Crippen molar-refractivity contribution in [1.29, 1.82) is 0 Å². The van der Waals surface area contributed by atoms with Crippen LogP contribution in [0.4, 0.5) is 0 Å². The fourth-order valence-corrected chi connectivity index (χ4v) is 1.34. The quantitative estimate of drug-likeness (QED) is 0.425. The molecule has 1 aromatic rings. The van der Waals surface area contributed by atoms with E-state index in [4.69, 9.17) is 14.2 Å². The second kappa shape index (κ2) is 7.65. The lowest BCUT2D eigenvalue weighted by Gasteiger charge is -2.09. The van der Waals surface area contributed by atoms with Crippen molar-refractivity contribution in [2.24, 2.45) is 4.99 Å². The summed E-state index contributed by atoms with van der Waals surface area (Å²) in [5, 5.41) is 2.32. The van der Waals surface area contributed by atoms with Gasteiger partial charge in [-0.15, -0.1) is 0 Å². The Labute approximate surface area is 106 Å². The maximum Gasteiger partial charge on any atom is 0.126 e. The summed E-state index contributed by atoms with van der Waals surface area (Å²) in [5.41, 5.74) is 0. The van der Waals surface area contributed by atoms with E-state index in [1.54, 1.807) is 20.3 Å². The summed E-state index contributed by atoms with van der Waals surface area (Å²) in [4.78, 5) is 3.81. The Hall–Kier alpha value is -1.58. The van der Waals surface area contributed by atoms with E-state index in [1.807, 2.05) is 12.1 Å². The number of hydrogen-bond acceptors (Lipinski definition) is 5. The molecule has 0 radical (unpaired) electrons. The zero-order valence-electron chi connectivity index (χ0n) is 9.93. The molecule has 0 amide bonds. The summed E-state index contributed by atoms with van der Waals surface area (Å²) >= 11 is 4.47.